The van der Waals surface area contributed by atoms with Gasteiger partial charge in [-0.25, -0.2) is 0 Å². The maximum absolute atomic E-state index is 13.2. The number of rotatable bonds is 4. The van der Waals surface area contributed by atoms with Gasteiger partial charge in [-0.2, -0.15) is 10.5 Å². The lowest BCUT2D eigenvalue weighted by Crippen LogP contribution is -2.45. The number of allylic oxidation sites excluding steroid dienone is 1. The van der Waals surface area contributed by atoms with Crippen LogP contribution in [0.3, 0.4) is 0 Å². The van der Waals surface area contributed by atoms with Crippen LogP contribution in [0.15, 0.2) is 40.9 Å². The smallest absolute Gasteiger partial charge is 0.243 e. The zero-order chi connectivity index (χ0) is 20.3. The van der Waals surface area contributed by atoms with Crippen molar-refractivity contribution in [1.29, 1.82) is 10.5 Å². The summed E-state index contributed by atoms with van der Waals surface area (Å²) in [6, 6.07) is 13.5. The molecule has 1 aromatic carbocycles. The number of thioether (sulfide) groups is 1. The molecule has 0 aliphatic carbocycles. The largest absolute Gasteiger partial charge is 0.341 e. The number of hydrogen-bond acceptors (Lipinski definition) is 5. The molecule has 0 spiro atoms. The van der Waals surface area contributed by atoms with Crippen LogP contribution in [0.4, 0.5) is 0 Å². The topological polar surface area (TPSA) is 97.0 Å². The molecule has 2 heterocycles. The van der Waals surface area contributed by atoms with Crippen molar-refractivity contribution in [2.45, 2.75) is 31.9 Å². The Morgan fingerprint density at radius 1 is 1.25 bits per heavy atom. The molecule has 0 saturated carbocycles. The normalized spacial score (nSPS) is 22.2. The number of benzene rings is 1. The average molecular weight is 394 g/mol. The number of nitriles is 2. The van der Waals surface area contributed by atoms with Crippen LogP contribution in [0, 0.1) is 34.0 Å². The molecule has 144 valence electrons. The molecule has 2 amide bonds. The van der Waals surface area contributed by atoms with E-state index in [1.807, 2.05) is 41.3 Å². The minimum Gasteiger partial charge on any atom is -0.341 e. The molecule has 6 nitrogen and oxygen atoms in total. The van der Waals surface area contributed by atoms with E-state index in [2.05, 4.69) is 11.4 Å². The van der Waals surface area contributed by atoms with Gasteiger partial charge in [0.25, 0.3) is 0 Å². The van der Waals surface area contributed by atoms with Gasteiger partial charge >= 0.3 is 0 Å². The summed E-state index contributed by atoms with van der Waals surface area (Å²) in [5.41, 5.74) is 0.231. The summed E-state index contributed by atoms with van der Waals surface area (Å²) >= 11 is 1.19. The molecule has 1 saturated heterocycles. The summed E-state index contributed by atoms with van der Waals surface area (Å²) in [6.45, 7) is 4.89. The molecule has 1 N–H and O–H groups in total. The number of amides is 2. The van der Waals surface area contributed by atoms with E-state index in [-0.39, 0.29) is 5.91 Å². The fourth-order valence-electron chi connectivity index (χ4n) is 3.62. The van der Waals surface area contributed by atoms with Crippen LogP contribution in [-0.4, -0.2) is 29.8 Å². The molecule has 2 aliphatic rings. The van der Waals surface area contributed by atoms with Crippen molar-refractivity contribution in [3.8, 4) is 12.1 Å². The summed E-state index contributed by atoms with van der Waals surface area (Å²) in [4.78, 5) is 27.5. The third kappa shape index (κ3) is 3.63. The van der Waals surface area contributed by atoms with Crippen molar-refractivity contribution in [2.24, 2.45) is 11.3 Å². The van der Waals surface area contributed by atoms with Gasteiger partial charge in [0.15, 0.2) is 0 Å². The lowest BCUT2D eigenvalue weighted by Gasteiger charge is -2.35. The van der Waals surface area contributed by atoms with Crippen molar-refractivity contribution in [3.63, 3.8) is 0 Å². The Kier molecular flexibility index (Phi) is 5.76. The zero-order valence-corrected chi connectivity index (χ0v) is 16.8. The molecule has 1 fully saturated rings. The van der Waals surface area contributed by atoms with Gasteiger partial charge < -0.3 is 10.2 Å². The van der Waals surface area contributed by atoms with E-state index in [1.165, 1.54) is 11.8 Å². The third-order valence-corrected chi connectivity index (χ3v) is 6.56. The molecule has 0 unspecified atom stereocenters. The number of nitrogens with one attached hydrogen (secondary N) is 1. The number of carbonyl (C=O) groups excluding carboxylic acids is 2. The van der Waals surface area contributed by atoms with Crippen LogP contribution in [-0.2, 0) is 9.59 Å². The van der Waals surface area contributed by atoms with Crippen LogP contribution < -0.4 is 5.32 Å². The zero-order valence-electron chi connectivity index (χ0n) is 15.9. The summed E-state index contributed by atoms with van der Waals surface area (Å²) in [5, 5.41) is 21.6. The second-order valence-corrected chi connectivity index (χ2v) is 8.65. The Hall–Kier alpha value is -2.77. The molecular weight excluding hydrogens is 372 g/mol. The summed E-state index contributed by atoms with van der Waals surface area (Å²) in [6.07, 6.45) is 1.97. The number of carbonyl (C=O) groups is 2. The van der Waals surface area contributed by atoms with Gasteiger partial charge in [-0.05, 0) is 18.4 Å². The molecule has 2 atom stereocenters. The van der Waals surface area contributed by atoms with E-state index in [4.69, 9.17) is 0 Å². The fraction of sp³-hybridized carbons (Fsp3) is 0.429. The molecule has 0 bridgehead atoms. The Bertz CT molecular complexity index is 889. The van der Waals surface area contributed by atoms with Crippen LogP contribution in [0.2, 0.25) is 0 Å². The predicted molar refractivity (Wildman–Crippen MR) is 106 cm³/mol. The second-order valence-electron chi connectivity index (χ2n) is 7.53. The van der Waals surface area contributed by atoms with Gasteiger partial charge in [-0.3, -0.25) is 9.59 Å². The van der Waals surface area contributed by atoms with Crippen LogP contribution >= 0.6 is 11.8 Å². The first-order valence-electron chi connectivity index (χ1n) is 9.26. The molecule has 2 aliphatic heterocycles. The maximum atomic E-state index is 13.2. The fourth-order valence-corrected chi connectivity index (χ4v) is 4.99. The molecule has 1 aromatic rings. The van der Waals surface area contributed by atoms with Crippen molar-refractivity contribution in [1.82, 2.24) is 10.2 Å². The minimum atomic E-state index is -0.948. The molecule has 28 heavy (non-hydrogen) atoms. The van der Waals surface area contributed by atoms with Crippen molar-refractivity contribution in [3.05, 3.63) is 46.5 Å². The Morgan fingerprint density at radius 3 is 2.46 bits per heavy atom. The minimum absolute atomic E-state index is 0.0204. The number of likely N-dealkylation sites (tertiary alicyclic amines) is 1. The highest BCUT2D eigenvalue weighted by atomic mass is 32.2. The first-order chi connectivity index (χ1) is 13.4. The highest BCUT2D eigenvalue weighted by molar-refractivity contribution is 8.03. The van der Waals surface area contributed by atoms with Crippen molar-refractivity contribution >= 4 is 23.6 Å². The van der Waals surface area contributed by atoms with E-state index in [9.17, 15) is 20.1 Å². The molecule has 3 rings (SSSR count). The lowest BCUT2D eigenvalue weighted by molar-refractivity contribution is -0.129. The quantitative estimate of drug-likeness (QED) is 0.846. The number of hydrogen-bond donors (Lipinski definition) is 1. The summed E-state index contributed by atoms with van der Waals surface area (Å²) in [5.74, 6) is -1.40. The molecular formula is C21H22N4O2S. The Balaban J connectivity index is 2.01. The molecule has 0 radical (unpaired) electrons. The third-order valence-electron chi connectivity index (χ3n) is 5.31. The highest BCUT2D eigenvalue weighted by Crippen LogP contribution is 2.45. The first kappa shape index (κ1) is 20.0. The average Bonchev–Trinajstić information content (AvgIpc) is 3.20. The Morgan fingerprint density at radius 2 is 1.89 bits per heavy atom. The van der Waals surface area contributed by atoms with E-state index in [0.29, 0.717) is 10.6 Å². The Labute approximate surface area is 169 Å². The van der Waals surface area contributed by atoms with E-state index in [0.717, 1.165) is 31.5 Å². The van der Waals surface area contributed by atoms with E-state index >= 15 is 0 Å². The summed E-state index contributed by atoms with van der Waals surface area (Å²) < 4.78 is 0. The van der Waals surface area contributed by atoms with Gasteiger partial charge in [0.2, 0.25) is 11.8 Å². The van der Waals surface area contributed by atoms with Gasteiger partial charge in [0.05, 0.1) is 22.7 Å². The van der Waals surface area contributed by atoms with Gasteiger partial charge in [0.1, 0.15) is 11.2 Å². The van der Waals surface area contributed by atoms with E-state index in [1.54, 1.807) is 13.8 Å². The van der Waals surface area contributed by atoms with Crippen LogP contribution in [0.25, 0.3) is 0 Å². The first-order valence-corrected chi connectivity index (χ1v) is 10.1. The van der Waals surface area contributed by atoms with E-state index < -0.39 is 22.5 Å². The maximum Gasteiger partial charge on any atom is 0.243 e. The monoisotopic (exact) mass is 394 g/mol. The van der Waals surface area contributed by atoms with Gasteiger partial charge in [-0.15, -0.1) is 0 Å². The second kappa shape index (κ2) is 8.08. The summed E-state index contributed by atoms with van der Waals surface area (Å²) in [7, 11) is 0. The van der Waals surface area contributed by atoms with Gasteiger partial charge in [0, 0.05) is 18.5 Å². The predicted octanol–water partition coefficient (Wildman–Crippen LogP) is 3.11. The number of nitrogens with zero attached hydrogens (tertiary/aromatic N) is 3. The SMILES string of the molecule is CC1(C)C(C#N)=C(S[C@@H](C(=O)N2CCCC2)c2ccccc2)NC(=O)[C@H]1C#N. The standard InChI is InChI=1S/C21H22N4O2S/c1-21(2)15(12-22)18(26)24-19(16(21)13-23)28-17(14-8-4-3-5-9-14)20(27)25-10-6-7-11-25/h3-5,8-9,15,17H,6-7,10-11H2,1-2H3,(H,24,26)/t15-,17-/m1/s1. The molecule has 0 aromatic heterocycles. The highest BCUT2D eigenvalue weighted by Gasteiger charge is 2.45. The van der Waals surface area contributed by atoms with Crippen molar-refractivity contribution < 1.29 is 9.59 Å². The molecule has 7 heteroatoms. The van der Waals surface area contributed by atoms with Gasteiger partial charge in [-0.1, -0.05) is 55.9 Å². The lowest BCUT2D eigenvalue weighted by atomic mass is 9.72. The van der Waals surface area contributed by atoms with Crippen LogP contribution in [0.1, 0.15) is 37.5 Å². The van der Waals surface area contributed by atoms with Crippen LogP contribution in [0.5, 0.6) is 0 Å². The van der Waals surface area contributed by atoms with Crippen molar-refractivity contribution in [2.75, 3.05) is 13.1 Å².